The predicted molar refractivity (Wildman–Crippen MR) is 101 cm³/mol. The van der Waals surface area contributed by atoms with Crippen LogP contribution >= 0.6 is 8.58 Å². The van der Waals surface area contributed by atoms with E-state index in [1.807, 2.05) is 49.4 Å². The number of halogens is 1. The Bertz CT molecular complexity index is 830. The normalized spacial score (nSPS) is 11.1. The molecule has 3 aromatic rings. The number of hydrogen-bond acceptors (Lipinski definition) is 1. The Morgan fingerprint density at radius 3 is 2.33 bits per heavy atom. The molecule has 3 heteroatoms. The molecule has 0 spiro atoms. The number of benzene rings is 3. The topological polar surface area (TPSA) is 9.23 Å². The summed E-state index contributed by atoms with van der Waals surface area (Å²) in [6.07, 6.45) is 0. The lowest BCUT2D eigenvalue weighted by molar-refractivity contribution is 0.307. The molecule has 0 amide bonds. The molecule has 0 bridgehead atoms. The quantitative estimate of drug-likeness (QED) is 0.615. The van der Waals surface area contributed by atoms with Gasteiger partial charge in [0.15, 0.2) is 0 Å². The Hall–Kier alpha value is -2.18. The molecule has 0 saturated carbocycles. The molecule has 3 aromatic carbocycles. The average molecular weight is 338 g/mol. The lowest BCUT2D eigenvalue weighted by Gasteiger charge is -2.16. The van der Waals surface area contributed by atoms with Crippen LogP contribution < -0.4 is 15.3 Å². The number of rotatable bonds is 5. The molecule has 0 radical (unpaired) electrons. The zero-order valence-corrected chi connectivity index (χ0v) is 14.8. The first-order valence-electron chi connectivity index (χ1n) is 7.93. The van der Waals surface area contributed by atoms with E-state index in [2.05, 4.69) is 19.1 Å². The van der Waals surface area contributed by atoms with Crippen LogP contribution in [0.15, 0.2) is 66.7 Å². The van der Waals surface area contributed by atoms with Gasteiger partial charge in [-0.25, -0.2) is 4.39 Å². The summed E-state index contributed by atoms with van der Waals surface area (Å²) in [6.45, 7) is 4.62. The van der Waals surface area contributed by atoms with Crippen LogP contribution in [0.3, 0.4) is 0 Å². The van der Waals surface area contributed by atoms with Crippen molar-refractivity contribution in [3.8, 4) is 5.75 Å². The Morgan fingerprint density at radius 1 is 0.875 bits per heavy atom. The van der Waals surface area contributed by atoms with E-state index in [1.165, 1.54) is 11.6 Å². The van der Waals surface area contributed by atoms with Gasteiger partial charge in [-0.2, -0.15) is 0 Å². The number of ether oxygens (including phenoxy) is 1. The van der Waals surface area contributed by atoms with Gasteiger partial charge >= 0.3 is 0 Å². The van der Waals surface area contributed by atoms with Crippen molar-refractivity contribution >= 4 is 19.2 Å². The number of aryl methyl sites for hydroxylation is 2. The monoisotopic (exact) mass is 338 g/mol. The van der Waals surface area contributed by atoms with Gasteiger partial charge in [-0.3, -0.25) is 0 Å². The second-order valence-corrected chi connectivity index (χ2v) is 7.16. The van der Waals surface area contributed by atoms with Gasteiger partial charge in [-0.15, -0.1) is 0 Å². The summed E-state index contributed by atoms with van der Waals surface area (Å²) in [5, 5.41) is 1.76. The minimum absolute atomic E-state index is 0.163. The molecule has 0 heterocycles. The molecule has 3 rings (SSSR count). The van der Waals surface area contributed by atoms with Crippen molar-refractivity contribution in [3.05, 3.63) is 89.2 Å². The zero-order chi connectivity index (χ0) is 16.9. The summed E-state index contributed by atoms with van der Waals surface area (Å²) in [6, 6.07) is 21.2. The van der Waals surface area contributed by atoms with Crippen molar-refractivity contribution in [3.63, 3.8) is 0 Å². The van der Waals surface area contributed by atoms with Gasteiger partial charge < -0.3 is 4.74 Å². The maximum atomic E-state index is 14.0. The maximum Gasteiger partial charge on any atom is 0.130 e. The van der Waals surface area contributed by atoms with Crippen molar-refractivity contribution < 1.29 is 9.13 Å². The van der Waals surface area contributed by atoms with Crippen molar-refractivity contribution in [1.29, 1.82) is 0 Å². The summed E-state index contributed by atoms with van der Waals surface area (Å²) >= 11 is 0. The molecule has 1 unspecified atom stereocenters. The van der Waals surface area contributed by atoms with Gasteiger partial charge in [-0.1, -0.05) is 63.2 Å². The Kier molecular flexibility index (Phi) is 5.27. The largest absolute Gasteiger partial charge is 0.488 e. The third-order valence-corrected chi connectivity index (χ3v) is 5.10. The second kappa shape index (κ2) is 7.59. The molecule has 0 aromatic heterocycles. The molecule has 1 atom stereocenters. The molecule has 24 heavy (non-hydrogen) atoms. The highest BCUT2D eigenvalue weighted by Gasteiger charge is 2.12. The summed E-state index contributed by atoms with van der Waals surface area (Å²) in [7, 11) is 0.235. The predicted octanol–water partition coefficient (Wildman–Crippen LogP) is 4.65. The van der Waals surface area contributed by atoms with Gasteiger partial charge in [0.05, 0.1) is 0 Å². The molecule has 122 valence electrons. The van der Waals surface area contributed by atoms with Crippen molar-refractivity contribution in [1.82, 2.24) is 0 Å². The molecule has 0 aliphatic heterocycles. The van der Waals surface area contributed by atoms with Crippen LogP contribution in [0.25, 0.3) is 0 Å². The summed E-state index contributed by atoms with van der Waals surface area (Å²) in [5.41, 5.74) is 3.38. The smallest absolute Gasteiger partial charge is 0.130 e. The van der Waals surface area contributed by atoms with Gasteiger partial charge in [-0.05, 0) is 42.7 Å². The lowest BCUT2D eigenvalue weighted by atomic mass is 10.1. The Balaban J connectivity index is 1.89. The third kappa shape index (κ3) is 4.01. The first kappa shape index (κ1) is 16.7. The SMILES string of the molecule is Cc1cc(C)c(OCc2ccccc2)c(Pc2ccccc2F)c1. The zero-order valence-electron chi connectivity index (χ0n) is 13.8. The lowest BCUT2D eigenvalue weighted by Crippen LogP contribution is -2.12. The highest BCUT2D eigenvalue weighted by Crippen LogP contribution is 2.26. The minimum Gasteiger partial charge on any atom is -0.488 e. The van der Waals surface area contributed by atoms with Crippen LogP contribution in [0, 0.1) is 19.7 Å². The maximum absolute atomic E-state index is 14.0. The van der Waals surface area contributed by atoms with Crippen LogP contribution in [-0.2, 0) is 6.61 Å². The van der Waals surface area contributed by atoms with E-state index in [0.717, 1.165) is 22.2 Å². The van der Waals surface area contributed by atoms with E-state index < -0.39 is 0 Å². The fraction of sp³-hybridized carbons (Fsp3) is 0.143. The Labute approximate surface area is 144 Å². The van der Waals surface area contributed by atoms with Gasteiger partial charge in [0.25, 0.3) is 0 Å². The van der Waals surface area contributed by atoms with E-state index in [0.29, 0.717) is 11.9 Å². The van der Waals surface area contributed by atoms with Crippen molar-refractivity contribution in [2.75, 3.05) is 0 Å². The first-order chi connectivity index (χ1) is 11.6. The van der Waals surface area contributed by atoms with Crippen LogP contribution in [0.2, 0.25) is 0 Å². The summed E-state index contributed by atoms with van der Waals surface area (Å²) in [4.78, 5) is 0. The molecule has 0 fully saturated rings. The van der Waals surface area contributed by atoms with Crippen molar-refractivity contribution in [2.24, 2.45) is 0 Å². The molecule has 1 nitrogen and oxygen atoms in total. The van der Waals surface area contributed by atoms with E-state index in [9.17, 15) is 4.39 Å². The summed E-state index contributed by atoms with van der Waals surface area (Å²) < 4.78 is 20.1. The van der Waals surface area contributed by atoms with Crippen LogP contribution in [-0.4, -0.2) is 0 Å². The molecular formula is C21H20FOP. The molecular weight excluding hydrogens is 318 g/mol. The second-order valence-electron chi connectivity index (χ2n) is 5.84. The van der Waals surface area contributed by atoms with Crippen LogP contribution in [0.4, 0.5) is 4.39 Å². The van der Waals surface area contributed by atoms with Crippen molar-refractivity contribution in [2.45, 2.75) is 20.5 Å². The van der Waals surface area contributed by atoms with Gasteiger partial charge in [0, 0.05) is 10.6 Å². The fourth-order valence-electron chi connectivity index (χ4n) is 2.68. The molecule has 0 saturated heterocycles. The molecule has 0 aliphatic carbocycles. The molecule has 0 aliphatic rings. The van der Waals surface area contributed by atoms with E-state index in [4.69, 9.17) is 4.74 Å². The average Bonchev–Trinajstić information content (AvgIpc) is 2.57. The summed E-state index contributed by atoms with van der Waals surface area (Å²) in [5.74, 6) is 0.704. The highest BCUT2D eigenvalue weighted by molar-refractivity contribution is 7.55. The molecule has 0 N–H and O–H groups in total. The van der Waals surface area contributed by atoms with Crippen LogP contribution in [0.5, 0.6) is 5.75 Å². The van der Waals surface area contributed by atoms with Crippen LogP contribution in [0.1, 0.15) is 16.7 Å². The van der Waals surface area contributed by atoms with E-state index in [-0.39, 0.29) is 14.4 Å². The standard InChI is InChI=1S/C21H20FOP/c1-15-12-16(2)21(23-14-17-8-4-3-5-9-17)20(13-15)24-19-11-7-6-10-18(19)22/h3-13,24H,14H2,1-2H3. The third-order valence-electron chi connectivity index (χ3n) is 3.79. The number of hydrogen-bond donors (Lipinski definition) is 0. The van der Waals surface area contributed by atoms with E-state index >= 15 is 0 Å². The fourth-order valence-corrected chi connectivity index (χ4v) is 4.03. The minimum atomic E-state index is -0.163. The first-order valence-corrected chi connectivity index (χ1v) is 8.93. The van der Waals surface area contributed by atoms with E-state index in [1.54, 1.807) is 6.07 Å². The van der Waals surface area contributed by atoms with Gasteiger partial charge in [0.2, 0.25) is 0 Å². The highest BCUT2D eigenvalue weighted by atomic mass is 31.1. The Morgan fingerprint density at radius 2 is 1.58 bits per heavy atom. The van der Waals surface area contributed by atoms with Gasteiger partial charge in [0.1, 0.15) is 18.2 Å².